The number of nitrogens with zero attached hydrogens (tertiary/aromatic N) is 3. The standard InChI is InChI=1S/C21H18N4O3S/c1-3-14-4-6-15(7-5-14)19-13-29-21(24-19)16(11-22)12-23-18-9-8-17(28-2)10-20(18)25(26)27/h4-10,12-13,23H,3H2,1-2H3. The van der Waals surface area contributed by atoms with Crippen LogP contribution in [0.2, 0.25) is 0 Å². The van der Waals surface area contributed by atoms with Gasteiger partial charge in [0.1, 0.15) is 28.1 Å². The summed E-state index contributed by atoms with van der Waals surface area (Å²) in [7, 11) is 1.44. The van der Waals surface area contributed by atoms with Gasteiger partial charge in [0.15, 0.2) is 0 Å². The summed E-state index contributed by atoms with van der Waals surface area (Å²) in [5.41, 5.74) is 3.40. The molecule has 146 valence electrons. The third-order valence-corrected chi connectivity index (χ3v) is 5.16. The van der Waals surface area contributed by atoms with Crippen molar-refractivity contribution < 1.29 is 9.66 Å². The van der Waals surface area contributed by atoms with Crippen molar-refractivity contribution in [2.75, 3.05) is 12.4 Å². The van der Waals surface area contributed by atoms with Gasteiger partial charge in [-0.15, -0.1) is 11.3 Å². The Kier molecular flexibility index (Phi) is 6.22. The van der Waals surface area contributed by atoms with Gasteiger partial charge in [0.2, 0.25) is 0 Å². The van der Waals surface area contributed by atoms with Crippen LogP contribution >= 0.6 is 11.3 Å². The predicted molar refractivity (Wildman–Crippen MR) is 114 cm³/mol. The van der Waals surface area contributed by atoms with Crippen LogP contribution < -0.4 is 10.1 Å². The lowest BCUT2D eigenvalue weighted by atomic mass is 10.1. The first kappa shape index (κ1) is 20.0. The van der Waals surface area contributed by atoms with E-state index in [0.29, 0.717) is 10.8 Å². The number of hydrogen-bond donors (Lipinski definition) is 1. The second-order valence-corrected chi connectivity index (χ2v) is 6.90. The normalized spacial score (nSPS) is 11.0. The molecule has 0 fully saturated rings. The van der Waals surface area contributed by atoms with Gasteiger partial charge in [-0.05, 0) is 24.1 Å². The zero-order chi connectivity index (χ0) is 20.8. The number of allylic oxidation sites excluding steroid dienone is 1. The number of benzene rings is 2. The third-order valence-electron chi connectivity index (χ3n) is 4.29. The number of nitro benzene ring substituents is 1. The summed E-state index contributed by atoms with van der Waals surface area (Å²) in [6.45, 7) is 2.10. The van der Waals surface area contributed by atoms with Crippen molar-refractivity contribution in [1.29, 1.82) is 5.26 Å². The van der Waals surface area contributed by atoms with E-state index in [1.807, 2.05) is 17.5 Å². The SMILES string of the molecule is CCc1ccc(-c2csc(C(C#N)=CNc3ccc(OC)cc3[N+](=O)[O-])n2)cc1. The topological polar surface area (TPSA) is 101 Å². The van der Waals surface area contributed by atoms with E-state index in [1.54, 1.807) is 6.07 Å². The van der Waals surface area contributed by atoms with E-state index in [-0.39, 0.29) is 16.9 Å². The van der Waals surface area contributed by atoms with E-state index < -0.39 is 4.92 Å². The Morgan fingerprint density at radius 2 is 2.10 bits per heavy atom. The Hall–Kier alpha value is -3.70. The highest BCUT2D eigenvalue weighted by molar-refractivity contribution is 7.11. The third kappa shape index (κ3) is 4.59. The van der Waals surface area contributed by atoms with E-state index >= 15 is 0 Å². The molecule has 0 saturated heterocycles. The maximum absolute atomic E-state index is 11.3. The minimum atomic E-state index is -0.508. The molecule has 1 aromatic heterocycles. The molecular weight excluding hydrogens is 388 g/mol. The van der Waals surface area contributed by atoms with Crippen LogP contribution in [0, 0.1) is 21.4 Å². The summed E-state index contributed by atoms with van der Waals surface area (Å²) in [5, 5.41) is 26.1. The van der Waals surface area contributed by atoms with Gasteiger partial charge in [0.25, 0.3) is 5.69 Å². The fourth-order valence-corrected chi connectivity index (χ4v) is 3.44. The van der Waals surface area contributed by atoms with Gasteiger partial charge < -0.3 is 10.1 Å². The number of hydrogen-bond acceptors (Lipinski definition) is 7. The van der Waals surface area contributed by atoms with Gasteiger partial charge >= 0.3 is 0 Å². The monoisotopic (exact) mass is 406 g/mol. The molecule has 0 radical (unpaired) electrons. The fraction of sp³-hybridized carbons (Fsp3) is 0.143. The Labute approximate surface area is 172 Å². The molecule has 0 amide bonds. The highest BCUT2D eigenvalue weighted by Gasteiger charge is 2.15. The highest BCUT2D eigenvalue weighted by atomic mass is 32.1. The first-order valence-electron chi connectivity index (χ1n) is 8.80. The number of nitrogens with one attached hydrogen (secondary N) is 1. The summed E-state index contributed by atoms with van der Waals surface area (Å²) in [6.07, 6.45) is 2.39. The van der Waals surface area contributed by atoms with Crippen molar-refractivity contribution in [2.45, 2.75) is 13.3 Å². The summed E-state index contributed by atoms with van der Waals surface area (Å²) in [5.74, 6) is 0.380. The predicted octanol–water partition coefficient (Wildman–Crippen LogP) is 5.27. The van der Waals surface area contributed by atoms with Gasteiger partial charge in [0.05, 0.1) is 23.8 Å². The van der Waals surface area contributed by atoms with Gasteiger partial charge in [-0.3, -0.25) is 10.1 Å². The van der Waals surface area contributed by atoms with Crippen molar-refractivity contribution in [1.82, 2.24) is 4.98 Å². The molecular formula is C21H18N4O3S. The number of aryl methyl sites for hydroxylation is 1. The Morgan fingerprint density at radius 3 is 2.72 bits per heavy atom. The molecule has 3 rings (SSSR count). The first-order valence-corrected chi connectivity index (χ1v) is 9.68. The lowest BCUT2D eigenvalue weighted by Crippen LogP contribution is -1.98. The minimum absolute atomic E-state index is 0.145. The maximum Gasteiger partial charge on any atom is 0.296 e. The molecule has 1 heterocycles. The Balaban J connectivity index is 1.85. The molecule has 29 heavy (non-hydrogen) atoms. The molecule has 0 aliphatic heterocycles. The van der Waals surface area contributed by atoms with Crippen molar-refractivity contribution in [3.63, 3.8) is 0 Å². The summed E-state index contributed by atoms with van der Waals surface area (Å²) in [6, 6.07) is 14.7. The maximum atomic E-state index is 11.3. The summed E-state index contributed by atoms with van der Waals surface area (Å²) >= 11 is 1.34. The second kappa shape index (κ2) is 8.99. The fourth-order valence-electron chi connectivity index (χ4n) is 2.64. The molecule has 7 nitrogen and oxygen atoms in total. The number of nitro groups is 1. The van der Waals surface area contributed by atoms with E-state index in [4.69, 9.17) is 4.74 Å². The Bertz CT molecular complexity index is 1100. The van der Waals surface area contributed by atoms with Crippen molar-refractivity contribution in [3.05, 3.63) is 74.7 Å². The van der Waals surface area contributed by atoms with E-state index in [9.17, 15) is 15.4 Å². The van der Waals surface area contributed by atoms with Crippen LogP contribution in [0.3, 0.4) is 0 Å². The molecule has 0 aliphatic rings. The van der Waals surface area contributed by atoms with Crippen molar-refractivity contribution in [3.8, 4) is 23.1 Å². The van der Waals surface area contributed by atoms with Gasteiger partial charge in [-0.2, -0.15) is 5.26 Å². The number of ether oxygens (including phenoxy) is 1. The largest absolute Gasteiger partial charge is 0.496 e. The van der Waals surface area contributed by atoms with Crippen LogP contribution in [0.1, 0.15) is 17.5 Å². The average Bonchev–Trinajstić information content (AvgIpc) is 3.24. The van der Waals surface area contributed by atoms with Crippen LogP contribution in [-0.4, -0.2) is 17.0 Å². The number of anilines is 1. The van der Waals surface area contributed by atoms with Crippen molar-refractivity contribution >= 4 is 28.3 Å². The lowest BCUT2D eigenvalue weighted by Gasteiger charge is -2.05. The van der Waals surface area contributed by atoms with E-state index in [0.717, 1.165) is 17.7 Å². The van der Waals surface area contributed by atoms with Gasteiger partial charge in [0, 0.05) is 17.1 Å². The van der Waals surface area contributed by atoms with E-state index in [1.165, 1.54) is 42.3 Å². The number of nitriles is 1. The molecule has 0 bridgehead atoms. The number of rotatable bonds is 7. The highest BCUT2D eigenvalue weighted by Crippen LogP contribution is 2.30. The van der Waals surface area contributed by atoms with Crippen LogP contribution in [0.4, 0.5) is 11.4 Å². The number of methoxy groups -OCH3 is 1. The molecule has 3 aromatic rings. The van der Waals surface area contributed by atoms with Gasteiger partial charge in [-0.1, -0.05) is 31.2 Å². The van der Waals surface area contributed by atoms with Crippen LogP contribution in [0.5, 0.6) is 5.75 Å². The van der Waals surface area contributed by atoms with Crippen LogP contribution in [-0.2, 0) is 6.42 Å². The lowest BCUT2D eigenvalue weighted by molar-refractivity contribution is -0.384. The second-order valence-electron chi connectivity index (χ2n) is 6.04. The molecule has 0 aliphatic carbocycles. The number of aromatic nitrogens is 1. The summed E-state index contributed by atoms with van der Waals surface area (Å²) in [4.78, 5) is 15.3. The molecule has 0 unspecified atom stereocenters. The van der Waals surface area contributed by atoms with E-state index in [2.05, 4.69) is 35.4 Å². The van der Waals surface area contributed by atoms with Gasteiger partial charge in [-0.25, -0.2) is 4.98 Å². The minimum Gasteiger partial charge on any atom is -0.496 e. The van der Waals surface area contributed by atoms with Crippen LogP contribution in [0.15, 0.2) is 54.0 Å². The molecule has 2 aromatic carbocycles. The zero-order valence-corrected chi connectivity index (χ0v) is 16.7. The molecule has 0 saturated carbocycles. The van der Waals surface area contributed by atoms with Crippen LogP contribution in [0.25, 0.3) is 16.8 Å². The smallest absolute Gasteiger partial charge is 0.296 e. The molecule has 0 spiro atoms. The van der Waals surface area contributed by atoms with Crippen molar-refractivity contribution in [2.24, 2.45) is 0 Å². The summed E-state index contributed by atoms with van der Waals surface area (Å²) < 4.78 is 5.03. The first-order chi connectivity index (χ1) is 14.0. The average molecular weight is 406 g/mol. The quantitative estimate of drug-likeness (QED) is 0.326. The number of thiazole rings is 1. The molecule has 1 N–H and O–H groups in total. The molecule has 0 atom stereocenters. The molecule has 8 heteroatoms. The Morgan fingerprint density at radius 1 is 1.34 bits per heavy atom. The zero-order valence-electron chi connectivity index (χ0n) is 15.9.